The van der Waals surface area contributed by atoms with Crippen molar-refractivity contribution in [3.05, 3.63) is 28.7 Å². The Labute approximate surface area is 133 Å². The lowest BCUT2D eigenvalue weighted by molar-refractivity contribution is 0.149. The number of nitrogens with zero attached hydrogens (tertiary/aromatic N) is 3. The Morgan fingerprint density at radius 3 is 2.24 bits per heavy atom. The van der Waals surface area contributed by atoms with Crippen molar-refractivity contribution >= 4 is 32.0 Å². The number of rotatable bonds is 2. The number of amides is 2. The molecule has 0 bridgehead atoms. The van der Waals surface area contributed by atoms with Crippen LogP contribution in [0.15, 0.2) is 33.6 Å². The van der Waals surface area contributed by atoms with E-state index >= 15 is 0 Å². The Hall–Kier alpha value is -1.12. The smallest absolute Gasteiger partial charge is 0.319 e. The summed E-state index contributed by atoms with van der Waals surface area (Å²) in [4.78, 5) is 15.3. The highest BCUT2D eigenvalue weighted by molar-refractivity contribution is 9.10. The quantitative estimate of drug-likeness (QED) is 0.785. The molecule has 116 valence electrons. The van der Waals surface area contributed by atoms with E-state index in [2.05, 4.69) is 15.9 Å². The summed E-state index contributed by atoms with van der Waals surface area (Å²) < 4.78 is 27.2. The van der Waals surface area contributed by atoms with Gasteiger partial charge in [0, 0.05) is 44.7 Å². The first-order valence-electron chi connectivity index (χ1n) is 6.55. The molecular formula is C13H18BrN3O3S. The van der Waals surface area contributed by atoms with Crippen LogP contribution in [-0.2, 0) is 10.0 Å². The van der Waals surface area contributed by atoms with E-state index in [1.807, 2.05) is 0 Å². The van der Waals surface area contributed by atoms with Crippen molar-refractivity contribution in [2.45, 2.75) is 4.90 Å². The van der Waals surface area contributed by atoms with E-state index in [9.17, 15) is 13.2 Å². The van der Waals surface area contributed by atoms with Crippen LogP contribution in [-0.4, -0.2) is 68.8 Å². The first-order chi connectivity index (χ1) is 9.84. The Morgan fingerprint density at radius 1 is 1.14 bits per heavy atom. The largest absolute Gasteiger partial charge is 0.331 e. The monoisotopic (exact) mass is 375 g/mol. The van der Waals surface area contributed by atoms with E-state index in [1.54, 1.807) is 43.3 Å². The second kappa shape index (κ2) is 6.33. The topological polar surface area (TPSA) is 60.9 Å². The van der Waals surface area contributed by atoms with Crippen molar-refractivity contribution < 1.29 is 13.2 Å². The van der Waals surface area contributed by atoms with Crippen LogP contribution in [0, 0.1) is 0 Å². The van der Waals surface area contributed by atoms with Crippen molar-refractivity contribution in [3.8, 4) is 0 Å². The zero-order chi connectivity index (χ0) is 15.6. The maximum absolute atomic E-state index is 12.6. The molecule has 0 N–H and O–H groups in total. The number of urea groups is 1. The number of halogens is 1. The van der Waals surface area contributed by atoms with Crippen LogP contribution < -0.4 is 0 Å². The molecule has 0 aliphatic carbocycles. The normalized spacial score (nSPS) is 16.8. The molecule has 0 radical (unpaired) electrons. The van der Waals surface area contributed by atoms with Gasteiger partial charge in [0.1, 0.15) is 0 Å². The number of sulfonamides is 1. The molecule has 1 aliphatic rings. The molecule has 1 fully saturated rings. The summed E-state index contributed by atoms with van der Waals surface area (Å²) in [6.07, 6.45) is 0. The highest BCUT2D eigenvalue weighted by atomic mass is 79.9. The van der Waals surface area contributed by atoms with E-state index in [1.165, 1.54) is 9.21 Å². The van der Waals surface area contributed by atoms with Crippen LogP contribution in [0.5, 0.6) is 0 Å². The molecule has 6 nitrogen and oxygen atoms in total. The Bertz CT molecular complexity index is 625. The molecule has 8 heteroatoms. The molecule has 0 saturated carbocycles. The number of hydrogen-bond donors (Lipinski definition) is 0. The summed E-state index contributed by atoms with van der Waals surface area (Å²) in [5, 5.41) is 0. The van der Waals surface area contributed by atoms with Gasteiger partial charge in [0.2, 0.25) is 10.0 Å². The molecule has 1 aliphatic heterocycles. The number of piperazine rings is 1. The third-order valence-corrected chi connectivity index (χ3v) is 6.26. The summed E-state index contributed by atoms with van der Waals surface area (Å²) in [5.41, 5.74) is 0. The molecular weight excluding hydrogens is 358 g/mol. The number of hydrogen-bond acceptors (Lipinski definition) is 3. The number of carbonyl (C=O) groups is 1. The van der Waals surface area contributed by atoms with Crippen molar-refractivity contribution in [3.63, 3.8) is 0 Å². The zero-order valence-electron chi connectivity index (χ0n) is 12.0. The molecule has 0 spiro atoms. The summed E-state index contributed by atoms with van der Waals surface area (Å²) in [7, 11) is -0.153. The Kier molecular flexibility index (Phi) is 4.90. The fraction of sp³-hybridized carbons (Fsp3) is 0.462. The lowest BCUT2D eigenvalue weighted by atomic mass is 10.4. The molecule has 2 amide bonds. The van der Waals surface area contributed by atoms with Crippen LogP contribution in [0.2, 0.25) is 0 Å². The van der Waals surface area contributed by atoms with Gasteiger partial charge in [-0.3, -0.25) is 0 Å². The fourth-order valence-corrected chi connectivity index (χ4v) is 4.58. The van der Waals surface area contributed by atoms with Crippen LogP contribution in [0.3, 0.4) is 0 Å². The summed E-state index contributed by atoms with van der Waals surface area (Å²) in [6, 6.07) is 6.67. The van der Waals surface area contributed by atoms with E-state index in [4.69, 9.17) is 0 Å². The summed E-state index contributed by atoms with van der Waals surface area (Å²) >= 11 is 3.28. The van der Waals surface area contributed by atoms with Gasteiger partial charge in [-0.15, -0.1) is 0 Å². The molecule has 1 aromatic rings. The van der Waals surface area contributed by atoms with Gasteiger partial charge >= 0.3 is 6.03 Å². The minimum absolute atomic E-state index is 0.0899. The standard InChI is InChI=1S/C13H18BrN3O3S/c1-15(2)13(18)16-7-9-17(10-8-16)21(19,20)12-6-4-3-5-11(12)14/h3-6H,7-10H2,1-2H3. The first kappa shape index (κ1) is 16.3. The van der Waals surface area contributed by atoms with Crippen LogP contribution >= 0.6 is 15.9 Å². The number of benzene rings is 1. The van der Waals surface area contributed by atoms with Crippen molar-refractivity contribution in [1.82, 2.24) is 14.1 Å². The fourth-order valence-electron chi connectivity index (χ4n) is 2.20. The number of carbonyl (C=O) groups excluding carboxylic acids is 1. The van der Waals surface area contributed by atoms with E-state index < -0.39 is 10.0 Å². The highest BCUT2D eigenvalue weighted by Gasteiger charge is 2.31. The molecule has 1 aromatic carbocycles. The van der Waals surface area contributed by atoms with Crippen molar-refractivity contribution in [2.75, 3.05) is 40.3 Å². The minimum atomic E-state index is -3.53. The van der Waals surface area contributed by atoms with Gasteiger partial charge in [-0.2, -0.15) is 4.31 Å². The average Bonchev–Trinajstić information content (AvgIpc) is 2.46. The van der Waals surface area contributed by atoms with Crippen LogP contribution in [0.4, 0.5) is 4.79 Å². The minimum Gasteiger partial charge on any atom is -0.331 e. The van der Waals surface area contributed by atoms with Gasteiger partial charge in [0.25, 0.3) is 0 Å². The molecule has 21 heavy (non-hydrogen) atoms. The molecule has 0 unspecified atom stereocenters. The lowest BCUT2D eigenvalue weighted by Crippen LogP contribution is -2.52. The Balaban J connectivity index is 2.12. The molecule has 0 aromatic heterocycles. The van der Waals surface area contributed by atoms with E-state index in [0.717, 1.165) is 0 Å². The van der Waals surface area contributed by atoms with Crippen LogP contribution in [0.1, 0.15) is 0 Å². The lowest BCUT2D eigenvalue weighted by Gasteiger charge is -2.35. The van der Waals surface area contributed by atoms with E-state index in [0.29, 0.717) is 30.7 Å². The zero-order valence-corrected chi connectivity index (χ0v) is 14.4. The van der Waals surface area contributed by atoms with Gasteiger partial charge in [0.05, 0.1) is 4.90 Å². The first-order valence-corrected chi connectivity index (χ1v) is 8.78. The van der Waals surface area contributed by atoms with Gasteiger partial charge in [-0.05, 0) is 28.1 Å². The molecule has 1 heterocycles. The second-order valence-corrected chi connectivity index (χ2v) is 7.76. The second-order valence-electron chi connectivity index (χ2n) is 5.00. The third-order valence-electron chi connectivity index (χ3n) is 3.35. The molecule has 0 atom stereocenters. The van der Waals surface area contributed by atoms with Crippen molar-refractivity contribution in [1.29, 1.82) is 0 Å². The van der Waals surface area contributed by atoms with Gasteiger partial charge < -0.3 is 9.80 Å². The van der Waals surface area contributed by atoms with E-state index in [-0.39, 0.29) is 10.9 Å². The van der Waals surface area contributed by atoms with Gasteiger partial charge in [-0.1, -0.05) is 12.1 Å². The summed E-state index contributed by atoms with van der Waals surface area (Å²) in [5.74, 6) is 0. The van der Waals surface area contributed by atoms with Gasteiger partial charge in [-0.25, -0.2) is 13.2 Å². The highest BCUT2D eigenvalue weighted by Crippen LogP contribution is 2.25. The average molecular weight is 376 g/mol. The summed E-state index contributed by atoms with van der Waals surface area (Å²) in [6.45, 7) is 1.42. The van der Waals surface area contributed by atoms with Gasteiger partial charge in [0.15, 0.2) is 0 Å². The predicted molar refractivity (Wildman–Crippen MR) is 83.6 cm³/mol. The molecule has 1 saturated heterocycles. The van der Waals surface area contributed by atoms with Crippen LogP contribution in [0.25, 0.3) is 0 Å². The molecule has 2 rings (SSSR count). The Morgan fingerprint density at radius 2 is 1.71 bits per heavy atom. The predicted octanol–water partition coefficient (Wildman–Crippen LogP) is 1.44. The third kappa shape index (κ3) is 3.38. The maximum atomic E-state index is 12.6. The van der Waals surface area contributed by atoms with Crippen molar-refractivity contribution in [2.24, 2.45) is 0 Å². The maximum Gasteiger partial charge on any atom is 0.319 e. The SMILES string of the molecule is CN(C)C(=O)N1CCN(S(=O)(=O)c2ccccc2Br)CC1.